The second-order valence-electron chi connectivity index (χ2n) is 5.27. The Bertz CT molecular complexity index is 428. The van der Waals surface area contributed by atoms with E-state index in [0.29, 0.717) is 0 Å². The van der Waals surface area contributed by atoms with Crippen LogP contribution in [0.15, 0.2) is 16.6 Å². The van der Waals surface area contributed by atoms with Gasteiger partial charge in [0.2, 0.25) is 0 Å². The average molecular weight is 284 g/mol. The zero-order valence-corrected chi connectivity index (χ0v) is 11.7. The van der Waals surface area contributed by atoms with Gasteiger partial charge in [-0.25, -0.2) is 0 Å². The molecule has 1 aliphatic rings. The van der Waals surface area contributed by atoms with Crippen LogP contribution < -0.4 is 5.32 Å². The fourth-order valence-electron chi connectivity index (χ4n) is 2.49. The first-order valence-electron chi connectivity index (χ1n) is 5.59. The normalized spacial score (nSPS) is 27.1. The van der Waals surface area contributed by atoms with Crippen LogP contribution in [0.25, 0.3) is 0 Å². The summed E-state index contributed by atoms with van der Waals surface area (Å²) in [6, 6.07) is 4.20. The van der Waals surface area contributed by atoms with Crippen LogP contribution in [0.5, 0.6) is 0 Å². The molecule has 0 radical (unpaired) electrons. The number of fused-ring (bicyclic) bond motifs is 1. The van der Waals surface area contributed by atoms with Gasteiger partial charge in [-0.3, -0.25) is 0 Å². The first-order chi connectivity index (χ1) is 7.33. The predicted octanol–water partition coefficient (Wildman–Crippen LogP) is 3.43. The predicted molar refractivity (Wildman–Crippen MR) is 71.0 cm³/mol. The monoisotopic (exact) mass is 283 g/mol. The topological polar surface area (TPSA) is 32.3 Å². The highest BCUT2D eigenvalue weighted by molar-refractivity contribution is 9.10. The molecule has 1 heterocycles. The van der Waals surface area contributed by atoms with Gasteiger partial charge in [0.25, 0.3) is 0 Å². The third kappa shape index (κ3) is 1.76. The molecule has 2 N–H and O–H groups in total. The highest BCUT2D eigenvalue weighted by atomic mass is 79.9. The molecule has 1 aromatic rings. The van der Waals surface area contributed by atoms with Crippen molar-refractivity contribution in [2.24, 2.45) is 0 Å². The van der Waals surface area contributed by atoms with Crippen LogP contribution in [0.4, 0.5) is 5.69 Å². The number of aliphatic hydroxyl groups is 1. The molecule has 0 saturated carbocycles. The Morgan fingerprint density at radius 3 is 2.62 bits per heavy atom. The Kier molecular flexibility index (Phi) is 2.79. The molecule has 2 nitrogen and oxygen atoms in total. The molecule has 0 unspecified atom stereocenters. The molecule has 2 atom stereocenters. The molecule has 16 heavy (non-hydrogen) atoms. The second kappa shape index (κ2) is 3.74. The maximum Gasteiger partial charge on any atom is 0.0830 e. The number of hydrogen-bond acceptors (Lipinski definition) is 2. The fraction of sp³-hybridized carbons (Fsp3) is 0.538. The van der Waals surface area contributed by atoms with Gasteiger partial charge in [-0.05, 0) is 44.0 Å². The van der Waals surface area contributed by atoms with Crippen LogP contribution in [0.1, 0.15) is 37.8 Å². The van der Waals surface area contributed by atoms with Gasteiger partial charge in [0.1, 0.15) is 0 Å². The van der Waals surface area contributed by atoms with Crippen LogP contribution >= 0.6 is 15.9 Å². The molecule has 1 aliphatic heterocycles. The molecule has 0 amide bonds. The van der Waals surface area contributed by atoms with Gasteiger partial charge in [0.05, 0.1) is 11.6 Å². The molecular weight excluding hydrogens is 266 g/mol. The lowest BCUT2D eigenvalue weighted by atomic mass is 9.78. The minimum Gasteiger partial charge on any atom is -0.390 e. The van der Waals surface area contributed by atoms with E-state index in [1.807, 2.05) is 13.8 Å². The van der Waals surface area contributed by atoms with Gasteiger partial charge in [0.15, 0.2) is 0 Å². The van der Waals surface area contributed by atoms with E-state index in [9.17, 15) is 5.11 Å². The Morgan fingerprint density at radius 1 is 1.38 bits per heavy atom. The summed E-state index contributed by atoms with van der Waals surface area (Å²) < 4.78 is 1.07. The first kappa shape index (κ1) is 11.9. The van der Waals surface area contributed by atoms with Gasteiger partial charge < -0.3 is 10.4 Å². The largest absolute Gasteiger partial charge is 0.390 e. The molecule has 0 aromatic heterocycles. The summed E-state index contributed by atoms with van der Waals surface area (Å²) in [7, 11) is 0. The van der Waals surface area contributed by atoms with Crippen LogP contribution in [-0.2, 0) is 0 Å². The van der Waals surface area contributed by atoms with Crippen molar-refractivity contribution < 1.29 is 5.11 Å². The quantitative estimate of drug-likeness (QED) is 0.765. The van der Waals surface area contributed by atoms with Crippen molar-refractivity contribution >= 4 is 21.6 Å². The lowest BCUT2D eigenvalue weighted by molar-refractivity contribution is 0.0868. The zero-order chi connectivity index (χ0) is 12.1. The Balaban J connectivity index is 2.59. The SMILES string of the molecule is Cc1cc(Br)cc2c1NC(C)(C)[C@@H](O)[C@@H]2C. The Morgan fingerprint density at radius 2 is 2.00 bits per heavy atom. The molecule has 2 rings (SSSR count). The maximum absolute atomic E-state index is 10.3. The van der Waals surface area contributed by atoms with Crippen LogP contribution in [0.2, 0.25) is 0 Å². The van der Waals surface area contributed by atoms with Crippen molar-refractivity contribution in [2.75, 3.05) is 5.32 Å². The van der Waals surface area contributed by atoms with E-state index in [-0.39, 0.29) is 17.6 Å². The lowest BCUT2D eigenvalue weighted by Gasteiger charge is -2.43. The van der Waals surface area contributed by atoms with Crippen LogP contribution in [-0.4, -0.2) is 16.7 Å². The van der Waals surface area contributed by atoms with Crippen LogP contribution in [0, 0.1) is 6.92 Å². The number of aryl methyl sites for hydroxylation is 1. The fourth-order valence-corrected chi connectivity index (χ4v) is 3.08. The van der Waals surface area contributed by atoms with E-state index < -0.39 is 0 Å². The number of benzene rings is 1. The van der Waals surface area contributed by atoms with Crippen LogP contribution in [0.3, 0.4) is 0 Å². The van der Waals surface area contributed by atoms with Gasteiger partial charge in [-0.2, -0.15) is 0 Å². The molecular formula is C13H18BrNO. The summed E-state index contributed by atoms with van der Waals surface area (Å²) in [5, 5.41) is 13.7. The van der Waals surface area contributed by atoms with E-state index in [1.54, 1.807) is 0 Å². The molecule has 0 spiro atoms. The lowest BCUT2D eigenvalue weighted by Crippen LogP contribution is -2.50. The summed E-state index contributed by atoms with van der Waals surface area (Å²) in [6.07, 6.45) is -0.367. The summed E-state index contributed by atoms with van der Waals surface area (Å²) in [4.78, 5) is 0. The van der Waals surface area contributed by atoms with Crippen molar-refractivity contribution in [1.29, 1.82) is 0 Å². The summed E-state index contributed by atoms with van der Waals surface area (Å²) >= 11 is 3.51. The number of nitrogens with one attached hydrogen (secondary N) is 1. The van der Waals surface area contributed by atoms with E-state index >= 15 is 0 Å². The number of aliphatic hydroxyl groups excluding tert-OH is 1. The van der Waals surface area contributed by atoms with Gasteiger partial charge in [-0.1, -0.05) is 22.9 Å². The highest BCUT2D eigenvalue weighted by Gasteiger charge is 2.38. The number of rotatable bonds is 0. The standard InChI is InChI=1S/C13H18BrNO/c1-7-5-9(14)6-10-8(2)12(16)13(3,4)15-11(7)10/h5-6,8,12,15-16H,1-4H3/t8-,12+/m1/s1. The Hall–Kier alpha value is -0.540. The van der Waals surface area contributed by atoms with Crippen molar-refractivity contribution in [1.82, 2.24) is 0 Å². The molecule has 0 fully saturated rings. The minimum absolute atomic E-state index is 0.155. The van der Waals surface area contributed by atoms with Gasteiger partial charge in [-0.15, -0.1) is 0 Å². The number of hydrogen-bond donors (Lipinski definition) is 2. The van der Waals surface area contributed by atoms with Crippen molar-refractivity contribution in [3.63, 3.8) is 0 Å². The number of halogens is 1. The minimum atomic E-state index is -0.367. The molecule has 0 bridgehead atoms. The van der Waals surface area contributed by atoms with Crippen molar-refractivity contribution in [2.45, 2.75) is 45.3 Å². The third-order valence-corrected chi connectivity index (χ3v) is 3.94. The second-order valence-corrected chi connectivity index (χ2v) is 6.18. The zero-order valence-electron chi connectivity index (χ0n) is 10.1. The van der Waals surface area contributed by atoms with Gasteiger partial charge >= 0.3 is 0 Å². The van der Waals surface area contributed by atoms with Gasteiger partial charge in [0, 0.05) is 16.1 Å². The summed E-state index contributed by atoms with van der Waals surface area (Å²) in [5.41, 5.74) is 3.31. The molecule has 88 valence electrons. The van der Waals surface area contributed by atoms with E-state index in [0.717, 1.165) is 4.47 Å². The Labute approximate surface area is 105 Å². The first-order valence-corrected chi connectivity index (χ1v) is 6.38. The molecule has 3 heteroatoms. The maximum atomic E-state index is 10.3. The average Bonchev–Trinajstić information content (AvgIpc) is 2.17. The third-order valence-electron chi connectivity index (χ3n) is 3.48. The van der Waals surface area contributed by atoms with E-state index in [4.69, 9.17) is 0 Å². The van der Waals surface area contributed by atoms with E-state index in [2.05, 4.69) is 47.2 Å². The molecule has 1 aromatic carbocycles. The molecule has 0 aliphatic carbocycles. The number of anilines is 1. The van der Waals surface area contributed by atoms with E-state index in [1.165, 1.54) is 16.8 Å². The summed E-state index contributed by atoms with van der Waals surface area (Å²) in [5.74, 6) is 0.155. The van der Waals surface area contributed by atoms with Crippen molar-refractivity contribution in [3.05, 3.63) is 27.7 Å². The molecule has 0 saturated heterocycles. The summed E-state index contributed by atoms with van der Waals surface area (Å²) in [6.45, 7) is 8.26. The van der Waals surface area contributed by atoms with Crippen molar-refractivity contribution in [3.8, 4) is 0 Å². The highest BCUT2D eigenvalue weighted by Crippen LogP contribution is 2.41. The smallest absolute Gasteiger partial charge is 0.0830 e.